The Morgan fingerprint density at radius 2 is 2.10 bits per heavy atom. The van der Waals surface area contributed by atoms with Gasteiger partial charge in [0.1, 0.15) is 12.4 Å². The van der Waals surface area contributed by atoms with Crippen LogP contribution < -0.4 is 14.8 Å². The fourth-order valence-corrected chi connectivity index (χ4v) is 2.12. The maximum Gasteiger partial charge on any atom is 0.261 e. The molecule has 1 aromatic heterocycles. The number of nitrogens with zero attached hydrogens (tertiary/aromatic N) is 1. The summed E-state index contributed by atoms with van der Waals surface area (Å²) in [5.41, 5.74) is 0. The molecule has 0 aliphatic carbocycles. The van der Waals surface area contributed by atoms with Gasteiger partial charge in [0.25, 0.3) is 6.43 Å². The lowest BCUT2D eigenvalue weighted by molar-refractivity contribution is 0.0215. The predicted octanol–water partition coefficient (Wildman–Crippen LogP) is 2.66. The van der Waals surface area contributed by atoms with Crippen molar-refractivity contribution in [2.45, 2.75) is 6.43 Å². The number of nitrogens with one attached hydrogen (secondary N) is 1. The molecular weight excluding hydrogens is 282 g/mol. The van der Waals surface area contributed by atoms with Crippen molar-refractivity contribution in [3.05, 3.63) is 24.4 Å². The summed E-state index contributed by atoms with van der Waals surface area (Å²) in [6.45, 7) is 0.243. The monoisotopic (exact) mass is 296 g/mol. The van der Waals surface area contributed by atoms with Gasteiger partial charge in [-0.05, 0) is 23.6 Å². The van der Waals surface area contributed by atoms with Crippen LogP contribution in [0.5, 0.6) is 11.5 Å². The Hall–Kier alpha value is -2.15. The van der Waals surface area contributed by atoms with Crippen LogP contribution >= 0.6 is 0 Å². The summed E-state index contributed by atoms with van der Waals surface area (Å²) in [5.74, 6) is 2.04. The van der Waals surface area contributed by atoms with Crippen molar-refractivity contribution in [3.8, 4) is 11.5 Å². The van der Waals surface area contributed by atoms with Crippen molar-refractivity contribution in [1.29, 1.82) is 0 Å². The third kappa shape index (κ3) is 3.13. The lowest BCUT2D eigenvalue weighted by atomic mass is 10.1. The van der Waals surface area contributed by atoms with Crippen LogP contribution in [-0.2, 0) is 4.74 Å². The van der Waals surface area contributed by atoms with E-state index >= 15 is 0 Å². The van der Waals surface area contributed by atoms with E-state index in [4.69, 9.17) is 14.2 Å². The zero-order valence-electron chi connectivity index (χ0n) is 11.1. The van der Waals surface area contributed by atoms with E-state index in [1.165, 1.54) is 0 Å². The number of benzene rings is 1. The topological polar surface area (TPSA) is 52.6 Å². The van der Waals surface area contributed by atoms with E-state index in [-0.39, 0.29) is 13.4 Å². The molecule has 0 amide bonds. The van der Waals surface area contributed by atoms with Gasteiger partial charge in [0, 0.05) is 18.1 Å². The number of ether oxygens (including phenoxy) is 3. The van der Waals surface area contributed by atoms with Crippen LogP contribution in [-0.4, -0.2) is 38.0 Å². The van der Waals surface area contributed by atoms with E-state index in [1.54, 1.807) is 6.20 Å². The molecule has 0 unspecified atom stereocenters. The molecule has 2 heterocycles. The molecule has 0 radical (unpaired) electrons. The Balaban J connectivity index is 1.70. The number of aromatic nitrogens is 1. The Morgan fingerprint density at radius 3 is 2.90 bits per heavy atom. The number of alkyl halides is 2. The van der Waals surface area contributed by atoms with Crippen LogP contribution in [0.15, 0.2) is 24.4 Å². The lowest BCUT2D eigenvalue weighted by Crippen LogP contribution is -2.13. The van der Waals surface area contributed by atoms with Crippen LogP contribution in [0.2, 0.25) is 0 Å². The molecule has 1 N–H and O–H groups in total. The van der Waals surface area contributed by atoms with Crippen molar-refractivity contribution in [2.24, 2.45) is 0 Å². The SMILES string of the molecule is FC(F)COCCNc1nccc2cc3c(cc12)OCO3. The van der Waals surface area contributed by atoms with E-state index in [1.807, 2.05) is 18.2 Å². The van der Waals surface area contributed by atoms with Gasteiger partial charge < -0.3 is 19.5 Å². The Bertz CT molecular complexity index is 637. The molecule has 1 aromatic carbocycles. The number of hydrogen-bond donors (Lipinski definition) is 1. The largest absolute Gasteiger partial charge is 0.454 e. The van der Waals surface area contributed by atoms with Crippen molar-refractivity contribution in [2.75, 3.05) is 31.9 Å². The lowest BCUT2D eigenvalue weighted by Gasteiger charge is -2.09. The quantitative estimate of drug-likeness (QED) is 0.831. The summed E-state index contributed by atoms with van der Waals surface area (Å²) in [6.07, 6.45) is -0.771. The predicted molar refractivity (Wildman–Crippen MR) is 73.2 cm³/mol. The third-order valence-electron chi connectivity index (χ3n) is 3.04. The van der Waals surface area contributed by atoms with Crippen LogP contribution in [0.3, 0.4) is 0 Å². The molecule has 0 saturated heterocycles. The van der Waals surface area contributed by atoms with Crippen LogP contribution in [0.4, 0.5) is 14.6 Å². The highest BCUT2D eigenvalue weighted by molar-refractivity contribution is 5.94. The Kier molecular flexibility index (Phi) is 4.01. The maximum atomic E-state index is 11.9. The molecule has 3 rings (SSSR count). The molecule has 2 aromatic rings. The molecule has 5 nitrogen and oxygen atoms in total. The maximum absolute atomic E-state index is 11.9. The second-order valence-corrected chi connectivity index (χ2v) is 4.48. The van der Waals surface area contributed by atoms with E-state index in [9.17, 15) is 8.78 Å². The van der Waals surface area contributed by atoms with E-state index in [0.29, 0.717) is 23.9 Å². The molecule has 1 aliphatic rings. The van der Waals surface area contributed by atoms with Crippen molar-refractivity contribution < 1.29 is 23.0 Å². The van der Waals surface area contributed by atoms with Gasteiger partial charge in [-0.15, -0.1) is 0 Å². The number of anilines is 1. The highest BCUT2D eigenvalue weighted by atomic mass is 19.3. The first kappa shape index (κ1) is 13.8. The highest BCUT2D eigenvalue weighted by Gasteiger charge is 2.15. The normalized spacial score (nSPS) is 13.1. The van der Waals surface area contributed by atoms with E-state index < -0.39 is 13.0 Å². The molecule has 1 aliphatic heterocycles. The first-order valence-corrected chi connectivity index (χ1v) is 6.52. The van der Waals surface area contributed by atoms with Crippen molar-refractivity contribution >= 4 is 16.6 Å². The summed E-state index contributed by atoms with van der Waals surface area (Å²) in [4.78, 5) is 4.25. The zero-order chi connectivity index (χ0) is 14.7. The van der Waals surface area contributed by atoms with Gasteiger partial charge in [0.2, 0.25) is 6.79 Å². The summed E-state index contributed by atoms with van der Waals surface area (Å²) >= 11 is 0. The Morgan fingerprint density at radius 1 is 1.29 bits per heavy atom. The van der Waals surface area contributed by atoms with Gasteiger partial charge in [-0.2, -0.15) is 0 Å². The smallest absolute Gasteiger partial charge is 0.261 e. The van der Waals surface area contributed by atoms with Gasteiger partial charge in [0.05, 0.1) is 6.61 Å². The summed E-state index contributed by atoms with van der Waals surface area (Å²) in [5, 5.41) is 4.92. The number of rotatable bonds is 6. The standard InChI is InChI=1S/C14H14F2N2O3/c15-13(16)7-19-4-3-18-14-10-6-12-11(20-8-21-12)5-9(10)1-2-17-14/h1-2,5-6,13H,3-4,7-8H2,(H,17,18). The molecular formula is C14H14F2N2O3. The van der Waals surface area contributed by atoms with Crippen LogP contribution in [0.1, 0.15) is 0 Å². The molecule has 7 heteroatoms. The second kappa shape index (κ2) is 6.09. The minimum absolute atomic E-state index is 0.187. The molecule has 0 spiro atoms. The number of hydrogen-bond acceptors (Lipinski definition) is 5. The molecule has 0 atom stereocenters. The van der Waals surface area contributed by atoms with Gasteiger partial charge in [0.15, 0.2) is 11.5 Å². The minimum Gasteiger partial charge on any atom is -0.454 e. The van der Waals surface area contributed by atoms with Crippen molar-refractivity contribution in [1.82, 2.24) is 4.98 Å². The van der Waals surface area contributed by atoms with E-state index in [2.05, 4.69) is 10.3 Å². The number of pyridine rings is 1. The molecule has 21 heavy (non-hydrogen) atoms. The minimum atomic E-state index is -2.44. The molecule has 0 saturated carbocycles. The summed E-state index contributed by atoms with van der Waals surface area (Å²) in [7, 11) is 0. The highest BCUT2D eigenvalue weighted by Crippen LogP contribution is 2.37. The first-order chi connectivity index (χ1) is 10.2. The first-order valence-electron chi connectivity index (χ1n) is 6.52. The number of fused-ring (bicyclic) bond motifs is 2. The average Bonchev–Trinajstić information content (AvgIpc) is 2.91. The van der Waals surface area contributed by atoms with Gasteiger partial charge >= 0.3 is 0 Å². The van der Waals surface area contributed by atoms with Crippen molar-refractivity contribution in [3.63, 3.8) is 0 Å². The summed E-state index contributed by atoms with van der Waals surface area (Å²) < 4.78 is 39.4. The van der Waals surface area contributed by atoms with Crippen LogP contribution in [0, 0.1) is 0 Å². The van der Waals surface area contributed by atoms with Gasteiger partial charge in [-0.25, -0.2) is 13.8 Å². The average molecular weight is 296 g/mol. The van der Waals surface area contributed by atoms with Crippen LogP contribution in [0.25, 0.3) is 10.8 Å². The molecule has 0 fully saturated rings. The van der Waals surface area contributed by atoms with Gasteiger partial charge in [-0.3, -0.25) is 0 Å². The summed E-state index contributed by atoms with van der Waals surface area (Å²) in [6, 6.07) is 5.61. The fourth-order valence-electron chi connectivity index (χ4n) is 2.12. The molecule has 0 bridgehead atoms. The molecule has 112 valence electrons. The second-order valence-electron chi connectivity index (χ2n) is 4.48. The van der Waals surface area contributed by atoms with E-state index in [0.717, 1.165) is 10.8 Å². The van der Waals surface area contributed by atoms with Gasteiger partial charge in [-0.1, -0.05) is 0 Å². The fraction of sp³-hybridized carbons (Fsp3) is 0.357. The third-order valence-corrected chi connectivity index (χ3v) is 3.04. The number of halogens is 2. The zero-order valence-corrected chi connectivity index (χ0v) is 11.1. The Labute approximate surface area is 119 Å².